The number of aryl methyl sites for hydroxylation is 4. The Hall–Kier alpha value is -2.44. The second kappa shape index (κ2) is 7.43. The molecular formula is C20H21NO4S. The lowest BCUT2D eigenvalue weighted by atomic mass is 10.0. The number of rotatable bonds is 6. The Morgan fingerprint density at radius 2 is 1.77 bits per heavy atom. The van der Waals surface area contributed by atoms with E-state index in [-0.39, 0.29) is 4.90 Å². The summed E-state index contributed by atoms with van der Waals surface area (Å²) >= 11 is 0. The van der Waals surface area contributed by atoms with Crippen LogP contribution in [0.3, 0.4) is 0 Å². The standard InChI is InChI=1S/C20H21NO4S/c1-14-11-12-19(26(22,23)24)17(13-14)9-6-10-18-15(2)25-20(21-18)16-7-4-3-5-8-16/h3-5,7-8,11-13H,6,9-10H2,1-2H3,(H,22,23,24). The molecule has 6 heteroatoms. The predicted octanol–water partition coefficient (Wildman–Crippen LogP) is 4.38. The summed E-state index contributed by atoms with van der Waals surface area (Å²) < 4.78 is 38.2. The Labute approximate surface area is 153 Å². The first-order valence-corrected chi connectivity index (χ1v) is 9.87. The van der Waals surface area contributed by atoms with Crippen LogP contribution in [0.1, 0.15) is 29.0 Å². The summed E-state index contributed by atoms with van der Waals surface area (Å²) in [6, 6.07) is 14.6. The fourth-order valence-electron chi connectivity index (χ4n) is 2.97. The van der Waals surface area contributed by atoms with Crippen LogP contribution in [0, 0.1) is 13.8 Å². The van der Waals surface area contributed by atoms with Gasteiger partial charge in [-0.3, -0.25) is 4.55 Å². The van der Waals surface area contributed by atoms with Gasteiger partial charge in [-0.15, -0.1) is 0 Å². The number of nitrogens with zero attached hydrogens (tertiary/aromatic N) is 1. The van der Waals surface area contributed by atoms with Crippen molar-refractivity contribution >= 4 is 10.1 Å². The summed E-state index contributed by atoms with van der Waals surface area (Å²) in [7, 11) is -4.22. The Bertz CT molecular complexity index is 1010. The average molecular weight is 371 g/mol. The van der Waals surface area contributed by atoms with Crippen molar-refractivity contribution in [3.8, 4) is 11.5 Å². The molecule has 5 nitrogen and oxygen atoms in total. The zero-order valence-corrected chi connectivity index (χ0v) is 15.6. The molecule has 0 saturated heterocycles. The van der Waals surface area contributed by atoms with Gasteiger partial charge in [0.1, 0.15) is 5.76 Å². The van der Waals surface area contributed by atoms with E-state index in [9.17, 15) is 13.0 Å². The van der Waals surface area contributed by atoms with Crippen molar-refractivity contribution in [2.45, 2.75) is 38.0 Å². The van der Waals surface area contributed by atoms with Gasteiger partial charge in [0, 0.05) is 5.56 Å². The molecule has 0 aliphatic carbocycles. The van der Waals surface area contributed by atoms with Crippen molar-refractivity contribution in [3.63, 3.8) is 0 Å². The Morgan fingerprint density at radius 3 is 2.46 bits per heavy atom. The van der Waals surface area contributed by atoms with Gasteiger partial charge in [0.25, 0.3) is 10.1 Å². The fourth-order valence-corrected chi connectivity index (χ4v) is 3.70. The number of hydrogen-bond donors (Lipinski definition) is 1. The van der Waals surface area contributed by atoms with Gasteiger partial charge >= 0.3 is 0 Å². The van der Waals surface area contributed by atoms with Gasteiger partial charge in [0.05, 0.1) is 10.6 Å². The molecule has 136 valence electrons. The molecule has 1 heterocycles. The Morgan fingerprint density at radius 1 is 1.04 bits per heavy atom. The summed E-state index contributed by atoms with van der Waals surface area (Å²) in [4.78, 5) is 4.54. The van der Waals surface area contributed by atoms with Crippen LogP contribution in [-0.2, 0) is 23.0 Å². The molecule has 0 saturated carbocycles. The summed E-state index contributed by atoms with van der Waals surface area (Å²) in [5, 5.41) is 0. The van der Waals surface area contributed by atoms with Gasteiger partial charge in [-0.2, -0.15) is 8.42 Å². The first kappa shape index (κ1) is 18.4. The molecule has 0 bridgehead atoms. The molecule has 0 atom stereocenters. The van der Waals surface area contributed by atoms with Crippen LogP contribution in [0.5, 0.6) is 0 Å². The summed E-state index contributed by atoms with van der Waals surface area (Å²) in [5.74, 6) is 1.36. The lowest BCUT2D eigenvalue weighted by Crippen LogP contribution is -2.04. The first-order chi connectivity index (χ1) is 12.3. The van der Waals surface area contributed by atoms with Crippen LogP contribution < -0.4 is 0 Å². The highest BCUT2D eigenvalue weighted by molar-refractivity contribution is 7.85. The van der Waals surface area contributed by atoms with E-state index in [0.717, 1.165) is 22.6 Å². The molecule has 3 rings (SSSR count). The van der Waals surface area contributed by atoms with Crippen molar-refractivity contribution < 1.29 is 17.4 Å². The van der Waals surface area contributed by atoms with Gasteiger partial charge < -0.3 is 4.42 Å². The maximum absolute atomic E-state index is 11.5. The minimum absolute atomic E-state index is 0.0232. The van der Waals surface area contributed by atoms with E-state index in [4.69, 9.17) is 4.42 Å². The number of benzene rings is 2. The van der Waals surface area contributed by atoms with E-state index >= 15 is 0 Å². The third-order valence-corrected chi connectivity index (χ3v) is 5.22. The molecule has 0 radical (unpaired) electrons. The average Bonchev–Trinajstić information content (AvgIpc) is 2.96. The fraction of sp³-hybridized carbons (Fsp3) is 0.250. The molecule has 0 amide bonds. The minimum Gasteiger partial charge on any atom is -0.441 e. The number of aromatic nitrogens is 1. The van der Waals surface area contributed by atoms with E-state index in [0.29, 0.717) is 30.7 Å². The lowest BCUT2D eigenvalue weighted by Gasteiger charge is -2.08. The van der Waals surface area contributed by atoms with Gasteiger partial charge in [0.2, 0.25) is 5.89 Å². The van der Waals surface area contributed by atoms with Crippen LogP contribution in [-0.4, -0.2) is 18.0 Å². The third-order valence-electron chi connectivity index (χ3n) is 4.27. The number of hydrogen-bond acceptors (Lipinski definition) is 4. The molecule has 0 unspecified atom stereocenters. The normalized spacial score (nSPS) is 11.7. The highest BCUT2D eigenvalue weighted by Crippen LogP contribution is 2.24. The molecule has 0 aliphatic rings. The highest BCUT2D eigenvalue weighted by atomic mass is 32.2. The van der Waals surface area contributed by atoms with E-state index in [2.05, 4.69) is 4.98 Å². The van der Waals surface area contributed by atoms with Crippen LogP contribution in [0.25, 0.3) is 11.5 Å². The van der Waals surface area contributed by atoms with Crippen molar-refractivity contribution in [1.29, 1.82) is 0 Å². The van der Waals surface area contributed by atoms with E-state index in [1.807, 2.05) is 44.2 Å². The third kappa shape index (κ3) is 4.20. The monoisotopic (exact) mass is 371 g/mol. The van der Waals surface area contributed by atoms with Crippen molar-refractivity contribution in [2.75, 3.05) is 0 Å². The summed E-state index contributed by atoms with van der Waals surface area (Å²) in [5.41, 5.74) is 3.37. The van der Waals surface area contributed by atoms with E-state index in [1.165, 1.54) is 6.07 Å². The molecule has 1 N–H and O–H groups in total. The number of oxazole rings is 1. The first-order valence-electron chi connectivity index (χ1n) is 8.43. The topological polar surface area (TPSA) is 80.4 Å². The van der Waals surface area contributed by atoms with Gasteiger partial charge in [0.15, 0.2) is 0 Å². The lowest BCUT2D eigenvalue weighted by molar-refractivity contribution is 0.482. The molecule has 0 fully saturated rings. The van der Waals surface area contributed by atoms with Crippen molar-refractivity contribution in [3.05, 3.63) is 71.1 Å². The molecule has 0 spiro atoms. The molecule has 2 aromatic carbocycles. The van der Waals surface area contributed by atoms with Crippen LogP contribution in [0.2, 0.25) is 0 Å². The smallest absolute Gasteiger partial charge is 0.294 e. The summed E-state index contributed by atoms with van der Waals surface area (Å²) in [6.45, 7) is 3.77. The SMILES string of the molecule is Cc1ccc(S(=O)(=O)O)c(CCCc2nc(-c3ccccc3)oc2C)c1. The van der Waals surface area contributed by atoms with Crippen LogP contribution in [0.4, 0.5) is 0 Å². The summed E-state index contributed by atoms with van der Waals surface area (Å²) in [6.07, 6.45) is 1.90. The second-order valence-electron chi connectivity index (χ2n) is 6.33. The molecule has 3 aromatic rings. The predicted molar refractivity (Wildman–Crippen MR) is 99.7 cm³/mol. The molecular weight excluding hydrogens is 350 g/mol. The minimum atomic E-state index is -4.22. The molecule has 1 aromatic heterocycles. The van der Waals surface area contributed by atoms with Gasteiger partial charge in [-0.05, 0) is 56.9 Å². The maximum Gasteiger partial charge on any atom is 0.294 e. The van der Waals surface area contributed by atoms with Gasteiger partial charge in [-0.1, -0.05) is 35.9 Å². The zero-order valence-electron chi connectivity index (χ0n) is 14.8. The Kier molecular flexibility index (Phi) is 5.25. The van der Waals surface area contributed by atoms with E-state index < -0.39 is 10.1 Å². The highest BCUT2D eigenvalue weighted by Gasteiger charge is 2.16. The maximum atomic E-state index is 11.5. The second-order valence-corrected chi connectivity index (χ2v) is 7.72. The van der Waals surface area contributed by atoms with Gasteiger partial charge in [-0.25, -0.2) is 4.98 Å². The molecule has 0 aliphatic heterocycles. The zero-order chi connectivity index (χ0) is 18.7. The van der Waals surface area contributed by atoms with E-state index in [1.54, 1.807) is 12.1 Å². The molecule has 26 heavy (non-hydrogen) atoms. The quantitative estimate of drug-likeness (QED) is 0.650. The largest absolute Gasteiger partial charge is 0.441 e. The van der Waals surface area contributed by atoms with Crippen LogP contribution >= 0.6 is 0 Å². The van der Waals surface area contributed by atoms with Crippen LogP contribution in [0.15, 0.2) is 57.8 Å². The van der Waals surface area contributed by atoms with Crippen molar-refractivity contribution in [1.82, 2.24) is 4.98 Å². The Balaban J connectivity index is 1.74. The van der Waals surface area contributed by atoms with Crippen molar-refractivity contribution in [2.24, 2.45) is 0 Å².